The van der Waals surface area contributed by atoms with Gasteiger partial charge in [-0.1, -0.05) is 6.92 Å². The Morgan fingerprint density at radius 3 is 3.18 bits per heavy atom. The summed E-state index contributed by atoms with van der Waals surface area (Å²) in [5, 5.41) is 0. The van der Waals surface area contributed by atoms with Gasteiger partial charge in [0.15, 0.2) is 12.0 Å². The first-order valence-electron chi connectivity index (χ1n) is 3.58. The van der Waals surface area contributed by atoms with E-state index in [0.29, 0.717) is 0 Å². The van der Waals surface area contributed by atoms with E-state index in [1.165, 1.54) is 6.39 Å². The molecule has 0 amide bonds. The molecule has 2 aromatic rings. The Morgan fingerprint density at radius 2 is 2.36 bits per heavy atom. The Morgan fingerprint density at radius 1 is 1.45 bits per heavy atom. The molecule has 2 aromatic heterocycles. The number of aromatic nitrogens is 2. The van der Waals surface area contributed by atoms with Crippen molar-refractivity contribution in [2.24, 2.45) is 0 Å². The summed E-state index contributed by atoms with van der Waals surface area (Å²) >= 11 is 0. The zero-order valence-corrected chi connectivity index (χ0v) is 6.24. The van der Waals surface area contributed by atoms with Crippen LogP contribution in [0.5, 0.6) is 0 Å². The maximum absolute atomic E-state index is 5.04. The molecule has 11 heavy (non-hydrogen) atoms. The molecule has 0 aliphatic carbocycles. The van der Waals surface area contributed by atoms with Gasteiger partial charge in [-0.2, -0.15) is 0 Å². The van der Waals surface area contributed by atoms with Gasteiger partial charge in [-0.15, -0.1) is 0 Å². The van der Waals surface area contributed by atoms with Gasteiger partial charge in [0.2, 0.25) is 0 Å². The van der Waals surface area contributed by atoms with Crippen molar-refractivity contribution < 1.29 is 4.42 Å². The van der Waals surface area contributed by atoms with Crippen molar-refractivity contribution in [3.05, 3.63) is 24.4 Å². The van der Waals surface area contributed by atoms with E-state index in [1.54, 1.807) is 6.20 Å². The number of aryl methyl sites for hydroxylation is 1. The zero-order valence-electron chi connectivity index (χ0n) is 6.24. The minimum absolute atomic E-state index is 0.752. The molecule has 0 aliphatic heterocycles. The minimum atomic E-state index is 0.752. The van der Waals surface area contributed by atoms with E-state index < -0.39 is 0 Å². The second kappa shape index (κ2) is 2.34. The summed E-state index contributed by atoms with van der Waals surface area (Å²) in [4.78, 5) is 8.18. The predicted octanol–water partition coefficient (Wildman–Crippen LogP) is 1.79. The lowest BCUT2D eigenvalue weighted by Gasteiger charge is -1.91. The molecule has 0 aliphatic rings. The standard InChI is InChI=1S/C8H8N2O/c1-2-6-3-7-8(4-9-6)11-5-10-7/h3-5H,2H2,1H3. The predicted molar refractivity (Wildman–Crippen MR) is 41.2 cm³/mol. The Hall–Kier alpha value is -1.38. The molecule has 0 saturated heterocycles. The van der Waals surface area contributed by atoms with Gasteiger partial charge in [0.05, 0.1) is 6.20 Å². The van der Waals surface area contributed by atoms with Crippen molar-refractivity contribution in [1.29, 1.82) is 0 Å². The minimum Gasteiger partial charge on any atom is -0.442 e. The van der Waals surface area contributed by atoms with Crippen LogP contribution in [0.4, 0.5) is 0 Å². The summed E-state index contributed by atoms with van der Waals surface area (Å²) in [6.45, 7) is 2.06. The second-order valence-electron chi connectivity index (χ2n) is 2.35. The van der Waals surface area contributed by atoms with Crippen LogP contribution in [0.2, 0.25) is 0 Å². The highest BCUT2D eigenvalue weighted by Crippen LogP contribution is 2.11. The first kappa shape index (κ1) is 6.34. The van der Waals surface area contributed by atoms with Crippen LogP contribution in [0, 0.1) is 0 Å². The zero-order chi connectivity index (χ0) is 7.68. The molecule has 0 radical (unpaired) electrons. The summed E-state index contributed by atoms with van der Waals surface area (Å²) in [6.07, 6.45) is 4.08. The van der Waals surface area contributed by atoms with Crippen LogP contribution >= 0.6 is 0 Å². The van der Waals surface area contributed by atoms with E-state index >= 15 is 0 Å². The molecule has 3 heteroatoms. The number of fused-ring (bicyclic) bond motifs is 1. The first-order chi connectivity index (χ1) is 5.40. The van der Waals surface area contributed by atoms with Crippen LogP contribution in [0.15, 0.2) is 23.1 Å². The molecule has 0 N–H and O–H groups in total. The van der Waals surface area contributed by atoms with Gasteiger partial charge >= 0.3 is 0 Å². The van der Waals surface area contributed by atoms with Crippen LogP contribution in [-0.4, -0.2) is 9.97 Å². The molecule has 2 rings (SSSR count). The fourth-order valence-corrected chi connectivity index (χ4v) is 0.999. The maximum atomic E-state index is 5.04. The summed E-state index contributed by atoms with van der Waals surface area (Å²) < 4.78 is 5.04. The van der Waals surface area contributed by atoms with Crippen molar-refractivity contribution >= 4 is 11.1 Å². The maximum Gasteiger partial charge on any atom is 0.182 e. The monoisotopic (exact) mass is 148 g/mol. The Balaban J connectivity index is 2.67. The molecular weight excluding hydrogens is 140 g/mol. The summed E-state index contributed by atoms with van der Waals surface area (Å²) in [6, 6.07) is 1.94. The molecule has 2 heterocycles. The number of nitrogens with zero attached hydrogens (tertiary/aromatic N) is 2. The molecule has 0 bridgehead atoms. The topological polar surface area (TPSA) is 38.9 Å². The SMILES string of the molecule is CCc1cc2ncoc2cn1. The number of oxazole rings is 1. The summed E-state index contributed by atoms with van der Waals surface area (Å²) in [7, 11) is 0. The second-order valence-corrected chi connectivity index (χ2v) is 2.35. The third-order valence-corrected chi connectivity index (χ3v) is 1.64. The summed E-state index contributed by atoms with van der Waals surface area (Å²) in [5.74, 6) is 0. The quantitative estimate of drug-likeness (QED) is 0.618. The van der Waals surface area contributed by atoms with Gasteiger partial charge < -0.3 is 4.42 Å². The van der Waals surface area contributed by atoms with Gasteiger partial charge in [-0.3, -0.25) is 4.98 Å². The fourth-order valence-electron chi connectivity index (χ4n) is 0.999. The van der Waals surface area contributed by atoms with Gasteiger partial charge in [-0.25, -0.2) is 4.98 Å². The van der Waals surface area contributed by atoms with E-state index in [2.05, 4.69) is 16.9 Å². The molecule has 0 saturated carbocycles. The molecular formula is C8H8N2O. The fraction of sp³-hybridized carbons (Fsp3) is 0.250. The van der Waals surface area contributed by atoms with Crippen molar-refractivity contribution in [3.8, 4) is 0 Å². The Bertz CT molecular complexity index is 367. The van der Waals surface area contributed by atoms with Gasteiger partial charge in [0.25, 0.3) is 0 Å². The van der Waals surface area contributed by atoms with Gasteiger partial charge in [-0.05, 0) is 12.5 Å². The number of rotatable bonds is 1. The summed E-state index contributed by atoms with van der Waals surface area (Å²) in [5.41, 5.74) is 2.69. The van der Waals surface area contributed by atoms with Crippen molar-refractivity contribution in [1.82, 2.24) is 9.97 Å². The third kappa shape index (κ3) is 0.981. The molecule has 56 valence electrons. The highest BCUT2D eigenvalue weighted by molar-refractivity contribution is 5.70. The molecule has 0 unspecified atom stereocenters. The van der Waals surface area contributed by atoms with E-state index in [4.69, 9.17) is 4.42 Å². The highest BCUT2D eigenvalue weighted by Gasteiger charge is 1.98. The number of hydrogen-bond acceptors (Lipinski definition) is 3. The normalized spacial score (nSPS) is 10.6. The molecule has 0 fully saturated rings. The van der Waals surface area contributed by atoms with Crippen LogP contribution in [0.3, 0.4) is 0 Å². The van der Waals surface area contributed by atoms with E-state index in [1.807, 2.05) is 6.07 Å². The number of hydrogen-bond donors (Lipinski definition) is 0. The van der Waals surface area contributed by atoms with Crippen LogP contribution in [0.25, 0.3) is 11.1 Å². The van der Waals surface area contributed by atoms with Crippen LogP contribution in [-0.2, 0) is 6.42 Å². The molecule has 0 spiro atoms. The smallest absolute Gasteiger partial charge is 0.182 e. The van der Waals surface area contributed by atoms with Crippen molar-refractivity contribution in [3.63, 3.8) is 0 Å². The third-order valence-electron chi connectivity index (χ3n) is 1.64. The van der Waals surface area contributed by atoms with E-state index in [9.17, 15) is 0 Å². The van der Waals surface area contributed by atoms with Gasteiger partial charge in [0.1, 0.15) is 5.52 Å². The average molecular weight is 148 g/mol. The molecule has 0 aromatic carbocycles. The average Bonchev–Trinajstić information content (AvgIpc) is 2.50. The molecule has 0 atom stereocenters. The lowest BCUT2D eigenvalue weighted by Crippen LogP contribution is -1.84. The van der Waals surface area contributed by atoms with E-state index in [-0.39, 0.29) is 0 Å². The van der Waals surface area contributed by atoms with Crippen LogP contribution < -0.4 is 0 Å². The first-order valence-corrected chi connectivity index (χ1v) is 3.58. The van der Waals surface area contributed by atoms with E-state index in [0.717, 1.165) is 23.2 Å². The van der Waals surface area contributed by atoms with Crippen molar-refractivity contribution in [2.75, 3.05) is 0 Å². The molecule has 3 nitrogen and oxygen atoms in total. The lowest BCUT2D eigenvalue weighted by molar-refractivity contribution is 0.600. The lowest BCUT2D eigenvalue weighted by atomic mass is 10.3. The largest absolute Gasteiger partial charge is 0.442 e. The highest BCUT2D eigenvalue weighted by atomic mass is 16.3. The van der Waals surface area contributed by atoms with Crippen LogP contribution in [0.1, 0.15) is 12.6 Å². The Labute approximate surface area is 64.1 Å². The number of pyridine rings is 1. The van der Waals surface area contributed by atoms with Gasteiger partial charge in [0, 0.05) is 5.69 Å². The Kier molecular flexibility index (Phi) is 1.35. The van der Waals surface area contributed by atoms with Crippen molar-refractivity contribution in [2.45, 2.75) is 13.3 Å².